The van der Waals surface area contributed by atoms with Crippen LogP contribution in [0.25, 0.3) is 10.6 Å². The van der Waals surface area contributed by atoms with Crippen LogP contribution in [0, 0.1) is 6.92 Å². The fourth-order valence-corrected chi connectivity index (χ4v) is 4.30. The summed E-state index contributed by atoms with van der Waals surface area (Å²) in [5, 5.41) is 11.7. The zero-order chi connectivity index (χ0) is 21.0. The minimum absolute atomic E-state index is 0.306. The van der Waals surface area contributed by atoms with Crippen molar-refractivity contribution < 1.29 is 13.2 Å². The Kier molecular flexibility index (Phi) is 6.26. The van der Waals surface area contributed by atoms with E-state index in [1.54, 1.807) is 30.3 Å². The Morgan fingerprint density at radius 1 is 1.03 bits per heavy atom. The Labute approximate surface area is 174 Å². The van der Waals surface area contributed by atoms with Crippen LogP contribution in [-0.4, -0.2) is 49.5 Å². The number of aryl methyl sites for hydroxylation is 1. The van der Waals surface area contributed by atoms with Crippen molar-refractivity contribution in [2.45, 2.75) is 6.92 Å². The number of rotatable bonds is 7. The molecule has 0 saturated carbocycles. The van der Waals surface area contributed by atoms with Crippen molar-refractivity contribution in [3.05, 3.63) is 60.2 Å². The van der Waals surface area contributed by atoms with Crippen LogP contribution in [0.3, 0.4) is 0 Å². The summed E-state index contributed by atoms with van der Waals surface area (Å²) < 4.78 is 27.5. The van der Waals surface area contributed by atoms with Gasteiger partial charge in [-0.15, -0.1) is 10.2 Å². The molecule has 1 heterocycles. The molecular formula is C19H21N5O3S2. The molecule has 0 radical (unpaired) electrons. The smallest absolute Gasteiger partial charge is 0.299 e. The van der Waals surface area contributed by atoms with Gasteiger partial charge in [0.25, 0.3) is 0 Å². The molecule has 3 rings (SSSR count). The zero-order valence-electron chi connectivity index (χ0n) is 16.2. The molecule has 2 aromatic carbocycles. The maximum atomic E-state index is 12.7. The highest BCUT2D eigenvalue weighted by Crippen LogP contribution is 2.26. The van der Waals surface area contributed by atoms with Crippen LogP contribution >= 0.6 is 11.3 Å². The third-order valence-corrected chi connectivity index (χ3v) is 6.75. The second-order valence-corrected chi connectivity index (χ2v) is 9.50. The fourth-order valence-electron chi connectivity index (χ4n) is 2.47. The summed E-state index contributed by atoms with van der Waals surface area (Å²) in [5.41, 5.74) is 2.43. The van der Waals surface area contributed by atoms with E-state index in [2.05, 4.69) is 15.5 Å². The number of carbonyl (C=O) groups is 1. The van der Waals surface area contributed by atoms with E-state index < -0.39 is 16.1 Å². The van der Waals surface area contributed by atoms with Crippen molar-refractivity contribution in [1.82, 2.24) is 14.5 Å². The molecule has 1 N–H and O–H groups in total. The van der Waals surface area contributed by atoms with Crippen LogP contribution in [0.4, 0.5) is 10.8 Å². The topological polar surface area (TPSA) is 95.5 Å². The summed E-state index contributed by atoms with van der Waals surface area (Å²) in [7, 11) is -1.01. The lowest BCUT2D eigenvalue weighted by atomic mass is 10.2. The van der Waals surface area contributed by atoms with Crippen molar-refractivity contribution in [2.24, 2.45) is 0 Å². The van der Waals surface area contributed by atoms with E-state index in [9.17, 15) is 13.2 Å². The molecule has 1 aromatic heterocycles. The normalized spacial score (nSPS) is 11.4. The van der Waals surface area contributed by atoms with Crippen molar-refractivity contribution >= 4 is 38.3 Å². The average molecular weight is 432 g/mol. The van der Waals surface area contributed by atoms with Crippen LogP contribution in [-0.2, 0) is 15.0 Å². The van der Waals surface area contributed by atoms with Gasteiger partial charge in [0.15, 0.2) is 0 Å². The molecule has 0 fully saturated rings. The number of para-hydroxylation sites is 1. The monoisotopic (exact) mass is 431 g/mol. The van der Waals surface area contributed by atoms with Gasteiger partial charge in [0.05, 0.1) is 5.69 Å². The minimum Gasteiger partial charge on any atom is -0.299 e. The third kappa shape index (κ3) is 4.97. The number of amides is 1. The first kappa shape index (κ1) is 20.9. The lowest BCUT2D eigenvalue weighted by Crippen LogP contribution is -2.44. The zero-order valence-corrected chi connectivity index (χ0v) is 17.9. The van der Waals surface area contributed by atoms with E-state index in [0.29, 0.717) is 15.8 Å². The van der Waals surface area contributed by atoms with E-state index in [1.165, 1.54) is 25.4 Å². The molecule has 0 spiro atoms. The SMILES string of the molecule is Cc1ccc(-c2nnc(NC(=O)CN(c3ccccc3)S(=O)(=O)N(C)C)s2)cc1. The summed E-state index contributed by atoms with van der Waals surface area (Å²) in [6.45, 7) is 1.61. The molecule has 29 heavy (non-hydrogen) atoms. The van der Waals surface area contributed by atoms with Gasteiger partial charge in [-0.25, -0.2) is 4.31 Å². The molecule has 3 aromatic rings. The molecule has 0 atom stereocenters. The summed E-state index contributed by atoms with van der Waals surface area (Å²) >= 11 is 1.22. The number of nitrogens with zero attached hydrogens (tertiary/aromatic N) is 4. The van der Waals surface area contributed by atoms with E-state index in [1.807, 2.05) is 31.2 Å². The van der Waals surface area contributed by atoms with Crippen LogP contribution in [0.1, 0.15) is 5.56 Å². The van der Waals surface area contributed by atoms with Crippen molar-refractivity contribution in [1.29, 1.82) is 0 Å². The lowest BCUT2D eigenvalue weighted by Gasteiger charge is -2.26. The molecule has 0 unspecified atom stereocenters. The fraction of sp³-hybridized carbons (Fsp3) is 0.211. The second-order valence-electron chi connectivity index (χ2n) is 6.46. The van der Waals surface area contributed by atoms with E-state index in [-0.39, 0.29) is 6.54 Å². The Hall–Kier alpha value is -2.82. The summed E-state index contributed by atoms with van der Waals surface area (Å²) in [6.07, 6.45) is 0. The van der Waals surface area contributed by atoms with Crippen molar-refractivity contribution in [3.8, 4) is 10.6 Å². The number of anilines is 2. The van der Waals surface area contributed by atoms with Gasteiger partial charge in [0.1, 0.15) is 11.6 Å². The van der Waals surface area contributed by atoms with Gasteiger partial charge in [0, 0.05) is 19.7 Å². The Balaban J connectivity index is 1.76. The summed E-state index contributed by atoms with van der Waals surface area (Å²) in [4.78, 5) is 12.6. The number of aromatic nitrogens is 2. The van der Waals surface area contributed by atoms with Gasteiger partial charge >= 0.3 is 10.2 Å². The highest BCUT2D eigenvalue weighted by Gasteiger charge is 2.27. The first-order chi connectivity index (χ1) is 13.8. The molecule has 0 aliphatic heterocycles. The lowest BCUT2D eigenvalue weighted by molar-refractivity contribution is -0.114. The van der Waals surface area contributed by atoms with Gasteiger partial charge < -0.3 is 0 Å². The van der Waals surface area contributed by atoms with Gasteiger partial charge in [0.2, 0.25) is 11.0 Å². The number of carbonyl (C=O) groups excluding carboxylic acids is 1. The summed E-state index contributed by atoms with van der Waals surface area (Å²) in [5.74, 6) is -0.508. The first-order valence-electron chi connectivity index (χ1n) is 8.73. The highest BCUT2D eigenvalue weighted by atomic mass is 32.2. The van der Waals surface area contributed by atoms with Crippen LogP contribution in [0.15, 0.2) is 54.6 Å². The second kappa shape index (κ2) is 8.68. The van der Waals surface area contributed by atoms with Crippen LogP contribution in [0.2, 0.25) is 0 Å². The van der Waals surface area contributed by atoms with E-state index in [4.69, 9.17) is 0 Å². The predicted molar refractivity (Wildman–Crippen MR) is 115 cm³/mol. The minimum atomic E-state index is -3.85. The molecule has 0 saturated heterocycles. The molecule has 1 amide bonds. The first-order valence-corrected chi connectivity index (χ1v) is 10.9. The standard InChI is InChI=1S/C19H21N5O3S2/c1-14-9-11-15(12-10-14)18-21-22-19(28-18)20-17(25)13-24(29(26,27)23(2)3)16-7-5-4-6-8-16/h4-12H,13H2,1-3H3,(H,20,22,25). The number of hydrogen-bond acceptors (Lipinski definition) is 6. The molecule has 152 valence electrons. The Morgan fingerprint density at radius 3 is 2.31 bits per heavy atom. The van der Waals surface area contributed by atoms with Gasteiger partial charge in [-0.1, -0.05) is 59.4 Å². The predicted octanol–water partition coefficient (Wildman–Crippen LogP) is 2.77. The van der Waals surface area contributed by atoms with Crippen LogP contribution < -0.4 is 9.62 Å². The van der Waals surface area contributed by atoms with Crippen LogP contribution in [0.5, 0.6) is 0 Å². The molecular weight excluding hydrogens is 410 g/mol. The van der Waals surface area contributed by atoms with Crippen molar-refractivity contribution in [2.75, 3.05) is 30.3 Å². The van der Waals surface area contributed by atoms with Gasteiger partial charge in [-0.05, 0) is 19.1 Å². The molecule has 10 heteroatoms. The van der Waals surface area contributed by atoms with E-state index in [0.717, 1.165) is 19.7 Å². The van der Waals surface area contributed by atoms with E-state index >= 15 is 0 Å². The maximum absolute atomic E-state index is 12.7. The molecule has 0 aliphatic rings. The van der Waals surface area contributed by atoms with Crippen molar-refractivity contribution in [3.63, 3.8) is 0 Å². The number of hydrogen-bond donors (Lipinski definition) is 1. The molecule has 8 nitrogen and oxygen atoms in total. The molecule has 0 aliphatic carbocycles. The summed E-state index contributed by atoms with van der Waals surface area (Å²) in [6, 6.07) is 16.3. The number of benzene rings is 2. The quantitative estimate of drug-likeness (QED) is 0.621. The largest absolute Gasteiger partial charge is 0.304 e. The maximum Gasteiger partial charge on any atom is 0.304 e. The Bertz CT molecular complexity index is 1080. The molecule has 0 bridgehead atoms. The average Bonchev–Trinajstić information content (AvgIpc) is 3.15. The number of nitrogens with one attached hydrogen (secondary N) is 1. The van der Waals surface area contributed by atoms with Gasteiger partial charge in [-0.3, -0.25) is 10.1 Å². The third-order valence-electron chi connectivity index (χ3n) is 4.04. The van der Waals surface area contributed by atoms with Gasteiger partial charge in [-0.2, -0.15) is 12.7 Å². The highest BCUT2D eigenvalue weighted by molar-refractivity contribution is 7.90. The Morgan fingerprint density at radius 2 is 1.69 bits per heavy atom.